The zero-order valence-electron chi connectivity index (χ0n) is 9.07. The highest BCUT2D eigenvalue weighted by molar-refractivity contribution is 6.30. The van der Waals surface area contributed by atoms with Crippen LogP contribution in [0.1, 0.15) is 6.92 Å². The van der Waals surface area contributed by atoms with Crippen molar-refractivity contribution in [2.24, 2.45) is 0 Å². The van der Waals surface area contributed by atoms with Crippen LogP contribution in [0.15, 0.2) is 12.3 Å². The van der Waals surface area contributed by atoms with Crippen molar-refractivity contribution >= 4 is 29.0 Å². The van der Waals surface area contributed by atoms with E-state index >= 15 is 0 Å². The van der Waals surface area contributed by atoms with E-state index < -0.39 is 4.92 Å². The number of carbonyl (C=O) groups excluding carboxylic acids is 1. The van der Waals surface area contributed by atoms with Gasteiger partial charge < -0.3 is 10.6 Å². The van der Waals surface area contributed by atoms with Crippen LogP contribution in [-0.2, 0) is 4.79 Å². The Bertz CT molecular complexity index is 438. The number of anilines is 1. The molecule has 7 nitrogen and oxygen atoms in total. The summed E-state index contributed by atoms with van der Waals surface area (Å²) < 4.78 is 0. The fourth-order valence-corrected chi connectivity index (χ4v) is 1.28. The maximum atomic E-state index is 11.2. The van der Waals surface area contributed by atoms with Gasteiger partial charge in [0.15, 0.2) is 0 Å². The van der Waals surface area contributed by atoms with Gasteiger partial charge in [-0.05, 0) is 6.92 Å². The highest BCUT2D eigenvalue weighted by Gasteiger charge is 2.16. The summed E-state index contributed by atoms with van der Waals surface area (Å²) in [7, 11) is 0. The van der Waals surface area contributed by atoms with Gasteiger partial charge in [-0.1, -0.05) is 11.6 Å². The van der Waals surface area contributed by atoms with E-state index in [0.717, 1.165) is 0 Å². The minimum absolute atomic E-state index is 0.0191. The van der Waals surface area contributed by atoms with Gasteiger partial charge in [0, 0.05) is 18.8 Å². The molecule has 0 aliphatic carbocycles. The Morgan fingerprint density at radius 3 is 2.94 bits per heavy atom. The van der Waals surface area contributed by atoms with Gasteiger partial charge in [-0.3, -0.25) is 14.9 Å². The zero-order chi connectivity index (χ0) is 12.8. The Balaban J connectivity index is 2.77. The van der Waals surface area contributed by atoms with Crippen molar-refractivity contribution in [1.82, 2.24) is 10.3 Å². The van der Waals surface area contributed by atoms with Crippen LogP contribution in [0, 0.1) is 10.1 Å². The monoisotopic (exact) mass is 258 g/mol. The third-order valence-corrected chi connectivity index (χ3v) is 2.03. The highest BCUT2D eigenvalue weighted by Crippen LogP contribution is 2.24. The second-order valence-electron chi connectivity index (χ2n) is 3.09. The van der Waals surface area contributed by atoms with Gasteiger partial charge >= 0.3 is 5.69 Å². The minimum Gasteiger partial charge on any atom is -0.355 e. The van der Waals surface area contributed by atoms with E-state index in [1.165, 1.54) is 12.3 Å². The summed E-state index contributed by atoms with van der Waals surface area (Å²) in [4.78, 5) is 25.0. The molecule has 0 saturated carbocycles. The number of hydrogen-bond donors (Lipinski definition) is 2. The number of pyridine rings is 1. The fourth-order valence-electron chi connectivity index (χ4n) is 1.13. The van der Waals surface area contributed by atoms with E-state index in [-0.39, 0.29) is 29.0 Å². The number of halogens is 1. The summed E-state index contributed by atoms with van der Waals surface area (Å²) >= 11 is 5.60. The lowest BCUT2D eigenvalue weighted by atomic mass is 10.4. The Hall–Kier alpha value is -1.89. The molecule has 0 radical (unpaired) electrons. The predicted molar refractivity (Wildman–Crippen MR) is 63.1 cm³/mol. The Morgan fingerprint density at radius 1 is 1.65 bits per heavy atom. The molecule has 0 unspecified atom stereocenters. The van der Waals surface area contributed by atoms with Gasteiger partial charge in [0.1, 0.15) is 0 Å². The molecule has 8 heteroatoms. The maximum absolute atomic E-state index is 11.2. The average molecular weight is 259 g/mol. The second-order valence-corrected chi connectivity index (χ2v) is 3.52. The number of aromatic nitrogens is 1. The third-order valence-electron chi connectivity index (χ3n) is 1.82. The molecule has 0 aliphatic rings. The lowest BCUT2D eigenvalue weighted by Crippen LogP contribution is -2.29. The maximum Gasteiger partial charge on any atom is 0.312 e. The van der Waals surface area contributed by atoms with E-state index in [0.29, 0.717) is 6.54 Å². The lowest BCUT2D eigenvalue weighted by molar-refractivity contribution is -0.384. The Kier molecular flexibility index (Phi) is 4.65. The first-order chi connectivity index (χ1) is 8.04. The van der Waals surface area contributed by atoms with Crippen LogP contribution in [0.25, 0.3) is 0 Å². The van der Waals surface area contributed by atoms with E-state index in [4.69, 9.17) is 11.6 Å². The van der Waals surface area contributed by atoms with Crippen molar-refractivity contribution in [1.29, 1.82) is 0 Å². The molecule has 0 aromatic carbocycles. The SMILES string of the molecule is CCNC(=O)CNc1ncc(Cl)cc1[N+](=O)[O-]. The van der Waals surface area contributed by atoms with Crippen molar-refractivity contribution in [2.45, 2.75) is 6.92 Å². The lowest BCUT2D eigenvalue weighted by Gasteiger charge is -2.06. The molecule has 0 bridgehead atoms. The molecule has 1 amide bonds. The van der Waals surface area contributed by atoms with Gasteiger partial charge in [-0.25, -0.2) is 4.98 Å². The van der Waals surface area contributed by atoms with Crippen molar-refractivity contribution in [3.05, 3.63) is 27.4 Å². The molecular weight excluding hydrogens is 248 g/mol. The van der Waals surface area contributed by atoms with Crippen LogP contribution >= 0.6 is 11.6 Å². The first-order valence-electron chi connectivity index (χ1n) is 4.85. The molecule has 1 aromatic rings. The first kappa shape index (κ1) is 13.2. The van der Waals surface area contributed by atoms with Gasteiger partial charge in [-0.2, -0.15) is 0 Å². The number of nitrogens with one attached hydrogen (secondary N) is 2. The Morgan fingerprint density at radius 2 is 2.35 bits per heavy atom. The van der Waals surface area contributed by atoms with Crippen LogP contribution in [0.5, 0.6) is 0 Å². The molecule has 1 aromatic heterocycles. The fraction of sp³-hybridized carbons (Fsp3) is 0.333. The summed E-state index contributed by atoms with van der Waals surface area (Å²) in [5.41, 5.74) is -0.262. The smallest absolute Gasteiger partial charge is 0.312 e. The van der Waals surface area contributed by atoms with Crippen molar-refractivity contribution < 1.29 is 9.72 Å². The number of likely N-dealkylation sites (N-methyl/N-ethyl adjacent to an activating group) is 1. The van der Waals surface area contributed by atoms with E-state index in [9.17, 15) is 14.9 Å². The molecule has 0 saturated heterocycles. The van der Waals surface area contributed by atoms with Crippen LogP contribution in [0.2, 0.25) is 5.02 Å². The largest absolute Gasteiger partial charge is 0.355 e. The number of amides is 1. The summed E-state index contributed by atoms with van der Waals surface area (Å²) in [6.07, 6.45) is 1.27. The molecule has 17 heavy (non-hydrogen) atoms. The molecule has 0 aliphatic heterocycles. The van der Waals surface area contributed by atoms with Gasteiger partial charge in [-0.15, -0.1) is 0 Å². The molecule has 0 fully saturated rings. The van der Waals surface area contributed by atoms with Crippen LogP contribution in [0.3, 0.4) is 0 Å². The molecule has 0 spiro atoms. The molecule has 1 heterocycles. The Labute approximate surface area is 102 Å². The predicted octanol–water partition coefficient (Wildman–Crippen LogP) is 1.19. The second kappa shape index (κ2) is 6.00. The van der Waals surface area contributed by atoms with Crippen molar-refractivity contribution in [2.75, 3.05) is 18.4 Å². The average Bonchev–Trinajstić information content (AvgIpc) is 2.27. The van der Waals surface area contributed by atoms with Gasteiger partial charge in [0.2, 0.25) is 11.7 Å². The van der Waals surface area contributed by atoms with Crippen LogP contribution in [0.4, 0.5) is 11.5 Å². The number of nitro groups is 1. The summed E-state index contributed by atoms with van der Waals surface area (Å²) in [5.74, 6) is -0.246. The van der Waals surface area contributed by atoms with Crippen LogP contribution < -0.4 is 10.6 Å². The number of nitrogens with zero attached hydrogens (tertiary/aromatic N) is 2. The first-order valence-corrected chi connectivity index (χ1v) is 5.23. The van der Waals surface area contributed by atoms with E-state index in [2.05, 4.69) is 15.6 Å². The normalized spacial score (nSPS) is 9.76. The quantitative estimate of drug-likeness (QED) is 0.611. The summed E-state index contributed by atoms with van der Waals surface area (Å²) in [6, 6.07) is 1.18. The van der Waals surface area contributed by atoms with E-state index in [1.807, 2.05) is 0 Å². The van der Waals surface area contributed by atoms with Gasteiger partial charge in [0.05, 0.1) is 16.5 Å². The number of hydrogen-bond acceptors (Lipinski definition) is 5. The molecule has 92 valence electrons. The summed E-state index contributed by atoms with van der Waals surface area (Å²) in [6.45, 7) is 2.20. The topological polar surface area (TPSA) is 97.2 Å². The molecule has 2 N–H and O–H groups in total. The van der Waals surface area contributed by atoms with E-state index in [1.54, 1.807) is 6.92 Å². The minimum atomic E-state index is -0.612. The molecule has 0 atom stereocenters. The summed E-state index contributed by atoms with van der Waals surface area (Å²) in [5, 5.41) is 16.0. The van der Waals surface area contributed by atoms with Gasteiger partial charge in [0.25, 0.3) is 0 Å². The zero-order valence-corrected chi connectivity index (χ0v) is 9.82. The molecule has 1 rings (SSSR count). The van der Waals surface area contributed by atoms with Crippen molar-refractivity contribution in [3.8, 4) is 0 Å². The van der Waals surface area contributed by atoms with Crippen molar-refractivity contribution in [3.63, 3.8) is 0 Å². The third kappa shape index (κ3) is 3.87. The number of carbonyl (C=O) groups is 1. The molecular formula is C9H11ClN4O3. The van der Waals surface area contributed by atoms with Crippen LogP contribution in [-0.4, -0.2) is 28.9 Å². The standard InChI is InChI=1S/C9H11ClN4O3/c1-2-11-8(15)5-13-9-7(14(16)17)3-6(10)4-12-9/h3-4H,2,5H2,1H3,(H,11,15)(H,12,13). The number of rotatable bonds is 5. The highest BCUT2D eigenvalue weighted by atomic mass is 35.5.